The summed E-state index contributed by atoms with van der Waals surface area (Å²) in [7, 11) is 0. The van der Waals surface area contributed by atoms with Gasteiger partial charge in [0.15, 0.2) is 0 Å². The molecule has 19 heavy (non-hydrogen) atoms. The second kappa shape index (κ2) is 6.04. The molecule has 0 saturated carbocycles. The molecule has 2 heterocycles. The molecule has 0 amide bonds. The van der Waals surface area contributed by atoms with Gasteiger partial charge in [-0.1, -0.05) is 23.7 Å². The first-order valence-corrected chi connectivity index (χ1v) is 7.95. The van der Waals surface area contributed by atoms with Gasteiger partial charge in [-0.15, -0.1) is 11.3 Å². The minimum absolute atomic E-state index is 0.764. The van der Waals surface area contributed by atoms with Gasteiger partial charge in [-0.3, -0.25) is 4.90 Å². The van der Waals surface area contributed by atoms with Crippen molar-refractivity contribution in [2.75, 3.05) is 13.1 Å². The van der Waals surface area contributed by atoms with E-state index < -0.39 is 0 Å². The number of likely N-dealkylation sites (tertiary alicyclic amines) is 1. The van der Waals surface area contributed by atoms with E-state index in [4.69, 9.17) is 11.6 Å². The molecule has 0 bridgehead atoms. The lowest BCUT2D eigenvalue weighted by Crippen LogP contribution is -2.20. The van der Waals surface area contributed by atoms with Crippen molar-refractivity contribution in [3.05, 3.63) is 51.4 Å². The smallest absolute Gasteiger partial charge is 0.0795 e. The van der Waals surface area contributed by atoms with Crippen molar-refractivity contribution in [2.45, 2.75) is 19.4 Å². The molecule has 2 nitrogen and oxygen atoms in total. The summed E-state index contributed by atoms with van der Waals surface area (Å²) in [5, 5.41) is 2.97. The van der Waals surface area contributed by atoms with Gasteiger partial charge in [0.05, 0.1) is 11.2 Å². The van der Waals surface area contributed by atoms with Crippen molar-refractivity contribution in [2.24, 2.45) is 5.92 Å². The molecule has 1 aliphatic rings. The van der Waals surface area contributed by atoms with Crippen LogP contribution < -0.4 is 0 Å². The van der Waals surface area contributed by atoms with Gasteiger partial charge in [0.25, 0.3) is 0 Å². The minimum Gasteiger partial charge on any atom is -0.297 e. The molecule has 0 radical (unpaired) electrons. The van der Waals surface area contributed by atoms with Crippen LogP contribution in [0.3, 0.4) is 0 Å². The van der Waals surface area contributed by atoms with Crippen molar-refractivity contribution in [1.82, 2.24) is 9.88 Å². The van der Waals surface area contributed by atoms with Gasteiger partial charge >= 0.3 is 0 Å². The summed E-state index contributed by atoms with van der Waals surface area (Å²) in [4.78, 5) is 6.87. The predicted molar refractivity (Wildman–Crippen MR) is 80.7 cm³/mol. The molecular weight excluding hydrogens is 276 g/mol. The monoisotopic (exact) mass is 292 g/mol. The standard InChI is InChI=1S/C15H17ClN2S/c16-14-3-1-12(2-4-14)7-13-5-6-18(8-13)9-15-10-19-11-17-15/h1-4,10-11,13H,5-9H2. The minimum atomic E-state index is 0.764. The first kappa shape index (κ1) is 13.1. The van der Waals surface area contributed by atoms with E-state index in [1.807, 2.05) is 17.6 Å². The van der Waals surface area contributed by atoms with Gasteiger partial charge in [-0.25, -0.2) is 4.98 Å². The summed E-state index contributed by atoms with van der Waals surface area (Å²) in [6.07, 6.45) is 2.44. The Morgan fingerprint density at radius 2 is 2.16 bits per heavy atom. The molecule has 1 aromatic heterocycles. The number of hydrogen-bond acceptors (Lipinski definition) is 3. The summed E-state index contributed by atoms with van der Waals surface area (Å²) in [6.45, 7) is 3.37. The fourth-order valence-corrected chi connectivity index (χ4v) is 3.40. The van der Waals surface area contributed by atoms with Crippen LogP contribution in [0.15, 0.2) is 35.2 Å². The van der Waals surface area contributed by atoms with E-state index >= 15 is 0 Å². The van der Waals surface area contributed by atoms with Gasteiger partial charge in [0, 0.05) is 23.5 Å². The van der Waals surface area contributed by atoms with Crippen LogP contribution in [0.2, 0.25) is 5.02 Å². The van der Waals surface area contributed by atoms with Crippen LogP contribution in [0.4, 0.5) is 0 Å². The third kappa shape index (κ3) is 3.56. The molecule has 4 heteroatoms. The fourth-order valence-electron chi connectivity index (χ4n) is 2.72. The number of hydrogen-bond donors (Lipinski definition) is 0. The van der Waals surface area contributed by atoms with Crippen LogP contribution >= 0.6 is 22.9 Å². The maximum Gasteiger partial charge on any atom is 0.0795 e. The average Bonchev–Trinajstić information content (AvgIpc) is 3.05. The highest BCUT2D eigenvalue weighted by Gasteiger charge is 2.22. The number of aromatic nitrogens is 1. The van der Waals surface area contributed by atoms with E-state index in [2.05, 4.69) is 27.4 Å². The molecule has 1 aliphatic heterocycles. The van der Waals surface area contributed by atoms with Gasteiger partial charge in [-0.05, 0) is 43.0 Å². The Bertz CT molecular complexity index is 509. The van der Waals surface area contributed by atoms with Crippen molar-refractivity contribution < 1.29 is 0 Å². The Balaban J connectivity index is 1.53. The zero-order valence-electron chi connectivity index (χ0n) is 10.8. The number of nitrogens with zero attached hydrogens (tertiary/aromatic N) is 2. The molecule has 3 rings (SSSR count). The summed E-state index contributed by atoms with van der Waals surface area (Å²) in [5.41, 5.74) is 4.51. The Kier molecular flexibility index (Phi) is 4.16. The molecule has 100 valence electrons. The highest BCUT2D eigenvalue weighted by molar-refractivity contribution is 7.07. The Morgan fingerprint density at radius 1 is 1.32 bits per heavy atom. The average molecular weight is 293 g/mol. The molecular formula is C15H17ClN2S. The number of thiazole rings is 1. The van der Waals surface area contributed by atoms with Crippen LogP contribution in [0.25, 0.3) is 0 Å². The lowest BCUT2D eigenvalue weighted by molar-refractivity contribution is 0.313. The van der Waals surface area contributed by atoms with Crippen molar-refractivity contribution >= 4 is 22.9 Å². The fraction of sp³-hybridized carbons (Fsp3) is 0.400. The van der Waals surface area contributed by atoms with Gasteiger partial charge in [0.1, 0.15) is 0 Å². The maximum absolute atomic E-state index is 5.92. The second-order valence-electron chi connectivity index (χ2n) is 5.20. The molecule has 0 aliphatic carbocycles. The van der Waals surface area contributed by atoms with Gasteiger partial charge < -0.3 is 0 Å². The molecule has 1 atom stereocenters. The number of benzene rings is 1. The lowest BCUT2D eigenvalue weighted by Gasteiger charge is -2.14. The summed E-state index contributed by atoms with van der Waals surface area (Å²) < 4.78 is 0. The highest BCUT2D eigenvalue weighted by atomic mass is 35.5. The van der Waals surface area contributed by atoms with Crippen molar-refractivity contribution in [3.63, 3.8) is 0 Å². The van der Waals surface area contributed by atoms with E-state index in [1.54, 1.807) is 11.3 Å². The maximum atomic E-state index is 5.92. The van der Waals surface area contributed by atoms with Gasteiger partial charge in [-0.2, -0.15) is 0 Å². The topological polar surface area (TPSA) is 16.1 Å². The number of halogens is 1. The zero-order chi connectivity index (χ0) is 13.1. The van der Waals surface area contributed by atoms with Crippen LogP contribution in [0.5, 0.6) is 0 Å². The normalized spacial score (nSPS) is 19.9. The molecule has 0 N–H and O–H groups in total. The largest absolute Gasteiger partial charge is 0.297 e. The zero-order valence-corrected chi connectivity index (χ0v) is 12.3. The predicted octanol–water partition coefficient (Wildman–Crippen LogP) is 3.86. The van der Waals surface area contributed by atoms with Crippen LogP contribution in [0.1, 0.15) is 17.7 Å². The summed E-state index contributed by atoms with van der Waals surface area (Å²) >= 11 is 7.59. The third-order valence-electron chi connectivity index (χ3n) is 3.68. The van der Waals surface area contributed by atoms with Crippen molar-refractivity contribution in [3.8, 4) is 0 Å². The quantitative estimate of drug-likeness (QED) is 0.851. The van der Waals surface area contributed by atoms with E-state index in [-0.39, 0.29) is 0 Å². The Labute approximate surface area is 123 Å². The first-order valence-electron chi connectivity index (χ1n) is 6.63. The lowest BCUT2D eigenvalue weighted by atomic mass is 9.99. The highest BCUT2D eigenvalue weighted by Crippen LogP contribution is 2.23. The first-order chi connectivity index (χ1) is 9.29. The summed E-state index contributed by atoms with van der Waals surface area (Å²) in [6, 6.07) is 8.26. The molecule has 1 unspecified atom stereocenters. The molecule has 1 fully saturated rings. The van der Waals surface area contributed by atoms with E-state index in [1.165, 1.54) is 30.8 Å². The van der Waals surface area contributed by atoms with E-state index in [9.17, 15) is 0 Å². The Morgan fingerprint density at radius 3 is 2.89 bits per heavy atom. The van der Waals surface area contributed by atoms with Gasteiger partial charge in [0.2, 0.25) is 0 Å². The molecule has 2 aromatic rings. The molecule has 1 aromatic carbocycles. The van der Waals surface area contributed by atoms with Crippen LogP contribution in [-0.2, 0) is 13.0 Å². The third-order valence-corrected chi connectivity index (χ3v) is 4.56. The number of rotatable bonds is 4. The molecule has 0 spiro atoms. The SMILES string of the molecule is Clc1ccc(CC2CCN(Cc3cscn3)C2)cc1. The van der Waals surface area contributed by atoms with Crippen LogP contribution in [-0.4, -0.2) is 23.0 Å². The molecule has 1 saturated heterocycles. The van der Waals surface area contributed by atoms with E-state index in [0.717, 1.165) is 23.9 Å². The van der Waals surface area contributed by atoms with Crippen molar-refractivity contribution in [1.29, 1.82) is 0 Å². The second-order valence-corrected chi connectivity index (χ2v) is 6.36. The van der Waals surface area contributed by atoms with E-state index in [0.29, 0.717) is 0 Å². The summed E-state index contributed by atoms with van der Waals surface area (Å²) in [5.74, 6) is 0.764. The Hall–Kier alpha value is -0.900. The van der Waals surface area contributed by atoms with Crippen LogP contribution in [0, 0.1) is 5.92 Å².